The lowest BCUT2D eigenvalue weighted by atomic mass is 9.92. The van der Waals surface area contributed by atoms with Crippen molar-refractivity contribution < 1.29 is 4.57 Å². The van der Waals surface area contributed by atoms with E-state index in [2.05, 4.69) is 49.6 Å². The van der Waals surface area contributed by atoms with Crippen molar-refractivity contribution in [1.29, 1.82) is 0 Å². The van der Waals surface area contributed by atoms with E-state index in [0.29, 0.717) is 12.0 Å². The first-order chi connectivity index (χ1) is 17.7. The SMILES string of the molecule is CCCCCCCCCCC(C)[n+]1cc[nH]c1C(CCCCCCCCC)CCCCCCCCC. The summed E-state index contributed by atoms with van der Waals surface area (Å²) in [6.07, 6.45) is 39.7. The van der Waals surface area contributed by atoms with Gasteiger partial charge in [-0.1, -0.05) is 156 Å². The molecule has 2 nitrogen and oxygen atoms in total. The summed E-state index contributed by atoms with van der Waals surface area (Å²) >= 11 is 0. The third kappa shape index (κ3) is 16.9. The lowest BCUT2D eigenvalue weighted by Gasteiger charge is -2.17. The van der Waals surface area contributed by atoms with E-state index in [4.69, 9.17) is 0 Å². The molecule has 1 unspecified atom stereocenters. The molecule has 1 atom stereocenters. The maximum atomic E-state index is 3.72. The second kappa shape index (κ2) is 24.5. The van der Waals surface area contributed by atoms with Gasteiger partial charge in [-0.3, -0.25) is 0 Å². The first-order valence-electron chi connectivity index (χ1n) is 16.8. The Hall–Kier alpha value is -0.790. The van der Waals surface area contributed by atoms with Gasteiger partial charge < -0.3 is 0 Å². The zero-order valence-electron chi connectivity index (χ0n) is 25.4. The number of unbranched alkanes of at least 4 members (excludes halogenated alkanes) is 19. The first kappa shape index (κ1) is 33.2. The molecular formula is C34H67N2+. The van der Waals surface area contributed by atoms with Crippen LogP contribution < -0.4 is 4.57 Å². The van der Waals surface area contributed by atoms with Crippen molar-refractivity contribution in [2.75, 3.05) is 0 Å². The predicted octanol–water partition coefficient (Wildman–Crippen LogP) is 11.8. The van der Waals surface area contributed by atoms with Gasteiger partial charge in [0.1, 0.15) is 12.4 Å². The lowest BCUT2D eigenvalue weighted by molar-refractivity contribution is -0.727. The Kier molecular flexibility index (Phi) is 22.7. The molecule has 0 fully saturated rings. The monoisotopic (exact) mass is 504 g/mol. The van der Waals surface area contributed by atoms with Gasteiger partial charge in [0.25, 0.3) is 5.82 Å². The molecule has 212 valence electrons. The van der Waals surface area contributed by atoms with Gasteiger partial charge >= 0.3 is 0 Å². The number of nitrogens with zero attached hydrogens (tertiary/aromatic N) is 1. The molecule has 1 aromatic heterocycles. The van der Waals surface area contributed by atoms with Crippen LogP contribution in [0.3, 0.4) is 0 Å². The van der Waals surface area contributed by atoms with Crippen LogP contribution in [0, 0.1) is 0 Å². The minimum Gasteiger partial charge on any atom is -0.247 e. The van der Waals surface area contributed by atoms with Crippen molar-refractivity contribution in [3.05, 3.63) is 18.2 Å². The second-order valence-electron chi connectivity index (χ2n) is 11.9. The Bertz CT molecular complexity index is 545. The highest BCUT2D eigenvalue weighted by Gasteiger charge is 2.25. The molecule has 0 bridgehead atoms. The van der Waals surface area contributed by atoms with Crippen molar-refractivity contribution in [3.8, 4) is 0 Å². The van der Waals surface area contributed by atoms with Gasteiger partial charge in [-0.15, -0.1) is 0 Å². The van der Waals surface area contributed by atoms with Crippen LogP contribution in [-0.4, -0.2) is 4.98 Å². The molecule has 0 saturated heterocycles. The Balaban J connectivity index is 2.49. The van der Waals surface area contributed by atoms with Gasteiger partial charge in [-0.05, 0) is 32.6 Å². The van der Waals surface area contributed by atoms with Crippen LogP contribution >= 0.6 is 0 Å². The van der Waals surface area contributed by atoms with Gasteiger partial charge in [-0.25, -0.2) is 9.55 Å². The normalized spacial score (nSPS) is 12.6. The number of aromatic nitrogens is 2. The largest absolute Gasteiger partial charge is 0.257 e. The van der Waals surface area contributed by atoms with Crippen molar-refractivity contribution in [2.24, 2.45) is 0 Å². The van der Waals surface area contributed by atoms with E-state index in [1.807, 2.05) is 0 Å². The summed E-state index contributed by atoms with van der Waals surface area (Å²) in [6, 6.07) is 0.622. The molecule has 0 radical (unpaired) electrons. The zero-order valence-corrected chi connectivity index (χ0v) is 25.4. The smallest absolute Gasteiger partial charge is 0.247 e. The van der Waals surface area contributed by atoms with E-state index in [-0.39, 0.29) is 0 Å². The summed E-state index contributed by atoms with van der Waals surface area (Å²) in [5, 5.41) is 0. The number of hydrogen-bond acceptors (Lipinski definition) is 0. The molecular weight excluding hydrogens is 436 g/mol. The van der Waals surface area contributed by atoms with Crippen LogP contribution in [0.1, 0.15) is 206 Å². The van der Waals surface area contributed by atoms with E-state index in [1.165, 1.54) is 166 Å². The molecule has 1 aromatic rings. The van der Waals surface area contributed by atoms with E-state index >= 15 is 0 Å². The minimum atomic E-state index is 0.622. The number of H-pyrrole nitrogens is 1. The summed E-state index contributed by atoms with van der Waals surface area (Å²) < 4.78 is 2.62. The highest BCUT2D eigenvalue weighted by molar-refractivity contribution is 4.90. The molecule has 0 aliphatic carbocycles. The average molecular weight is 504 g/mol. The number of nitrogens with one attached hydrogen (secondary N) is 1. The summed E-state index contributed by atoms with van der Waals surface area (Å²) in [4.78, 5) is 3.72. The maximum absolute atomic E-state index is 3.72. The Morgan fingerprint density at radius 2 is 0.889 bits per heavy atom. The minimum absolute atomic E-state index is 0.622. The number of hydrogen-bond donors (Lipinski definition) is 1. The molecule has 2 heteroatoms. The van der Waals surface area contributed by atoms with Crippen LogP contribution in [-0.2, 0) is 0 Å². The average Bonchev–Trinajstić information content (AvgIpc) is 3.38. The van der Waals surface area contributed by atoms with Crippen molar-refractivity contribution >= 4 is 0 Å². The molecule has 0 aromatic carbocycles. The number of aromatic amines is 1. The van der Waals surface area contributed by atoms with Gasteiger partial charge in [0, 0.05) is 0 Å². The fourth-order valence-electron chi connectivity index (χ4n) is 5.90. The zero-order chi connectivity index (χ0) is 26.1. The third-order valence-corrected chi connectivity index (χ3v) is 8.39. The summed E-state index contributed by atoms with van der Waals surface area (Å²) in [6.45, 7) is 9.39. The molecule has 1 N–H and O–H groups in total. The molecule has 0 aliphatic heterocycles. The fourth-order valence-corrected chi connectivity index (χ4v) is 5.90. The molecule has 1 heterocycles. The topological polar surface area (TPSA) is 19.7 Å². The highest BCUT2D eigenvalue weighted by atomic mass is 15.1. The summed E-state index contributed by atoms with van der Waals surface area (Å²) in [7, 11) is 0. The van der Waals surface area contributed by atoms with E-state index < -0.39 is 0 Å². The number of rotatable bonds is 27. The maximum Gasteiger partial charge on any atom is 0.257 e. The van der Waals surface area contributed by atoms with Crippen LogP contribution in [0.15, 0.2) is 12.4 Å². The second-order valence-corrected chi connectivity index (χ2v) is 11.9. The lowest BCUT2D eigenvalue weighted by Crippen LogP contribution is -2.41. The van der Waals surface area contributed by atoms with Gasteiger partial charge in [0.15, 0.2) is 0 Å². The molecule has 0 amide bonds. The fraction of sp³-hybridized carbons (Fsp3) is 0.912. The van der Waals surface area contributed by atoms with Crippen molar-refractivity contribution in [3.63, 3.8) is 0 Å². The van der Waals surface area contributed by atoms with Crippen LogP contribution in [0.2, 0.25) is 0 Å². The van der Waals surface area contributed by atoms with Gasteiger partial charge in [0.2, 0.25) is 0 Å². The molecule has 0 spiro atoms. The van der Waals surface area contributed by atoms with E-state index in [9.17, 15) is 0 Å². The number of imidazole rings is 1. The standard InChI is InChI=1S/C34H66N2/c1-5-8-11-14-17-20-21-24-27-32(4)36-31-30-35-34(36)33(28-25-22-18-15-12-9-6-2)29-26-23-19-16-13-10-7-3/h30-33H,5-29H2,1-4H3/p+1. The van der Waals surface area contributed by atoms with E-state index in [1.54, 1.807) is 0 Å². The van der Waals surface area contributed by atoms with Crippen LogP contribution in [0.5, 0.6) is 0 Å². The van der Waals surface area contributed by atoms with Gasteiger partial charge in [-0.2, -0.15) is 0 Å². The Labute approximate surface area is 227 Å². The van der Waals surface area contributed by atoms with Crippen LogP contribution in [0.25, 0.3) is 0 Å². The molecule has 0 aliphatic rings. The highest BCUT2D eigenvalue weighted by Crippen LogP contribution is 2.27. The van der Waals surface area contributed by atoms with Crippen molar-refractivity contribution in [2.45, 2.75) is 200 Å². The Morgan fingerprint density at radius 3 is 1.31 bits per heavy atom. The molecule has 1 rings (SSSR count). The Morgan fingerprint density at radius 1 is 0.528 bits per heavy atom. The molecule has 0 saturated carbocycles. The summed E-state index contributed by atoms with van der Waals surface area (Å²) in [5.41, 5.74) is 0. The predicted molar refractivity (Wildman–Crippen MR) is 161 cm³/mol. The van der Waals surface area contributed by atoms with E-state index in [0.717, 1.165) is 0 Å². The van der Waals surface area contributed by atoms with Gasteiger partial charge in [0.05, 0.1) is 12.0 Å². The third-order valence-electron chi connectivity index (χ3n) is 8.39. The quantitative estimate of drug-likeness (QED) is 0.0909. The molecule has 36 heavy (non-hydrogen) atoms. The van der Waals surface area contributed by atoms with Crippen LogP contribution in [0.4, 0.5) is 0 Å². The summed E-state index contributed by atoms with van der Waals surface area (Å²) in [5.74, 6) is 2.24. The first-order valence-corrected chi connectivity index (χ1v) is 16.8. The van der Waals surface area contributed by atoms with Crippen molar-refractivity contribution in [1.82, 2.24) is 4.98 Å².